The average Bonchev–Trinajstić information content (AvgIpc) is 3.57. The molecule has 0 amide bonds. The van der Waals surface area contributed by atoms with Crippen molar-refractivity contribution in [3.8, 4) is 39.1 Å². The van der Waals surface area contributed by atoms with Crippen LogP contribution in [0.3, 0.4) is 0 Å². The van der Waals surface area contributed by atoms with Crippen LogP contribution in [0.25, 0.3) is 50.1 Å². The zero-order chi connectivity index (χ0) is 34.9. The van der Waals surface area contributed by atoms with Gasteiger partial charge in [-0.3, -0.25) is 4.57 Å². The lowest BCUT2D eigenvalue weighted by Gasteiger charge is -2.24. The number of aryl methyl sites for hydroxylation is 1. The third kappa shape index (κ3) is 5.99. The highest BCUT2D eigenvalue weighted by Crippen LogP contribution is 2.36. The number of rotatable bonds is 7. The summed E-state index contributed by atoms with van der Waals surface area (Å²) in [5.41, 5.74) is 13.2. The van der Waals surface area contributed by atoms with Crippen molar-refractivity contribution in [3.63, 3.8) is 0 Å². The van der Waals surface area contributed by atoms with Crippen molar-refractivity contribution in [2.75, 3.05) is 0 Å². The highest BCUT2D eigenvalue weighted by atomic mass is 15.2. The molecule has 5 nitrogen and oxygen atoms in total. The van der Waals surface area contributed by atoms with Crippen LogP contribution in [0.4, 0.5) is 0 Å². The summed E-state index contributed by atoms with van der Waals surface area (Å²) in [6, 6.07) is 63.6. The third-order valence-corrected chi connectivity index (χ3v) is 9.60. The minimum Gasteiger partial charge on any atom is -0.344 e. The Morgan fingerprint density at radius 1 is 0.500 bits per heavy atom. The number of benzene rings is 7. The molecule has 1 aromatic heterocycles. The summed E-state index contributed by atoms with van der Waals surface area (Å²) in [5, 5.41) is 3.62. The van der Waals surface area contributed by atoms with Gasteiger partial charge in [0.25, 0.3) is 0 Å². The van der Waals surface area contributed by atoms with E-state index in [0.29, 0.717) is 5.84 Å². The second-order valence-electron chi connectivity index (χ2n) is 13.0. The number of hydrogen-bond donors (Lipinski definition) is 1. The van der Waals surface area contributed by atoms with Crippen LogP contribution in [-0.2, 0) is 0 Å². The smallest absolute Gasteiger partial charge is 0.159 e. The van der Waals surface area contributed by atoms with E-state index >= 15 is 0 Å². The highest BCUT2D eigenvalue weighted by molar-refractivity contribution is 6.13. The number of nitrogens with zero attached hydrogens (tertiary/aromatic N) is 4. The van der Waals surface area contributed by atoms with Crippen molar-refractivity contribution in [3.05, 3.63) is 205 Å². The van der Waals surface area contributed by atoms with Gasteiger partial charge in [0.1, 0.15) is 17.8 Å². The molecule has 2 heterocycles. The van der Waals surface area contributed by atoms with Crippen LogP contribution >= 0.6 is 0 Å². The molecule has 52 heavy (non-hydrogen) atoms. The van der Waals surface area contributed by atoms with Gasteiger partial charge in [0.2, 0.25) is 0 Å². The summed E-state index contributed by atoms with van der Waals surface area (Å²) in [6.07, 6.45) is -0.304. The molecule has 1 unspecified atom stereocenters. The summed E-state index contributed by atoms with van der Waals surface area (Å²) in [4.78, 5) is 14.9. The van der Waals surface area contributed by atoms with Crippen LogP contribution in [0.1, 0.15) is 28.7 Å². The Bertz CT molecular complexity index is 2620. The molecular formula is C47H35N5. The summed E-state index contributed by atoms with van der Waals surface area (Å²) < 4.78 is 2.23. The zero-order valence-electron chi connectivity index (χ0n) is 28.7. The molecule has 1 atom stereocenters. The van der Waals surface area contributed by atoms with Crippen molar-refractivity contribution in [1.82, 2.24) is 14.9 Å². The molecule has 0 aliphatic carbocycles. The van der Waals surface area contributed by atoms with Gasteiger partial charge in [-0.05, 0) is 82.3 Å². The van der Waals surface area contributed by atoms with Crippen molar-refractivity contribution in [2.45, 2.75) is 13.1 Å². The lowest BCUT2D eigenvalue weighted by Crippen LogP contribution is -2.33. The van der Waals surface area contributed by atoms with Gasteiger partial charge in [0.05, 0.1) is 11.0 Å². The second-order valence-corrected chi connectivity index (χ2v) is 13.0. The first-order valence-electron chi connectivity index (χ1n) is 17.6. The highest BCUT2D eigenvalue weighted by Gasteiger charge is 2.22. The van der Waals surface area contributed by atoms with Gasteiger partial charge in [0, 0.05) is 16.8 Å². The molecule has 1 aliphatic rings. The van der Waals surface area contributed by atoms with Gasteiger partial charge in [-0.1, -0.05) is 146 Å². The molecule has 9 rings (SSSR count). The van der Waals surface area contributed by atoms with Gasteiger partial charge >= 0.3 is 0 Å². The molecule has 7 aromatic carbocycles. The van der Waals surface area contributed by atoms with Crippen LogP contribution < -0.4 is 5.32 Å². The first-order chi connectivity index (χ1) is 25.7. The Morgan fingerprint density at radius 2 is 1.08 bits per heavy atom. The summed E-state index contributed by atoms with van der Waals surface area (Å²) in [6.45, 7) is 2.06. The molecule has 0 radical (unpaired) electrons. The van der Waals surface area contributed by atoms with Crippen LogP contribution in [0.15, 0.2) is 192 Å². The number of para-hydroxylation sites is 2. The number of aromatic nitrogens is 2. The molecule has 5 heteroatoms. The van der Waals surface area contributed by atoms with E-state index in [2.05, 4.69) is 156 Å². The van der Waals surface area contributed by atoms with Crippen LogP contribution in [0, 0.1) is 6.92 Å². The number of imidazole rings is 1. The van der Waals surface area contributed by atoms with E-state index in [4.69, 9.17) is 15.0 Å². The van der Waals surface area contributed by atoms with Gasteiger partial charge in [-0.2, -0.15) is 0 Å². The van der Waals surface area contributed by atoms with Gasteiger partial charge in [0.15, 0.2) is 5.84 Å². The zero-order valence-corrected chi connectivity index (χ0v) is 28.7. The van der Waals surface area contributed by atoms with Gasteiger partial charge in [-0.25, -0.2) is 15.0 Å². The van der Waals surface area contributed by atoms with E-state index < -0.39 is 0 Å². The SMILES string of the molecule is Cc1nc2ccccc2n1-c1cccc(-c2cccc(-c3ccccc3-c3cccc(C4N=C(c5ccccc5)N=C(c5ccccc5)N4)c3)c2)c1. The largest absolute Gasteiger partial charge is 0.344 e. The quantitative estimate of drug-likeness (QED) is 0.184. The van der Waals surface area contributed by atoms with E-state index in [1.807, 2.05) is 42.5 Å². The fraction of sp³-hybridized carbons (Fsp3) is 0.0426. The molecule has 0 saturated heterocycles. The number of aliphatic imine (C=N–C) groups is 2. The standard InChI is InChI=1S/C47H35N5/c1-32-48-43-27-10-11-28-44(43)52(32)40-24-14-20-36(31-40)35-19-12-21-37(29-35)41-25-8-9-26-42(41)38-22-13-23-39(30-38)47-50-45(33-15-4-2-5-16-33)49-46(51-47)34-17-6-3-7-18-34/h2-31,47H,1H3,(H,49,50,51). The minimum atomic E-state index is -0.304. The predicted molar refractivity (Wildman–Crippen MR) is 214 cm³/mol. The molecule has 248 valence electrons. The topological polar surface area (TPSA) is 54.6 Å². The lowest BCUT2D eigenvalue weighted by atomic mass is 9.91. The van der Waals surface area contributed by atoms with E-state index in [0.717, 1.165) is 72.9 Å². The first-order valence-corrected chi connectivity index (χ1v) is 17.6. The van der Waals surface area contributed by atoms with Gasteiger partial charge < -0.3 is 5.32 Å². The minimum absolute atomic E-state index is 0.304. The van der Waals surface area contributed by atoms with Gasteiger partial charge in [-0.15, -0.1) is 0 Å². The Hall–Kier alpha value is -6.85. The van der Waals surface area contributed by atoms with Crippen molar-refractivity contribution in [1.29, 1.82) is 0 Å². The van der Waals surface area contributed by atoms with Crippen molar-refractivity contribution >= 4 is 22.7 Å². The molecule has 0 fully saturated rings. The summed E-state index contributed by atoms with van der Waals surface area (Å²) >= 11 is 0. The van der Waals surface area contributed by atoms with E-state index in [-0.39, 0.29) is 6.17 Å². The Kier molecular flexibility index (Phi) is 8.06. The summed E-state index contributed by atoms with van der Waals surface area (Å²) in [5.74, 6) is 2.49. The molecule has 1 aliphatic heterocycles. The summed E-state index contributed by atoms with van der Waals surface area (Å²) in [7, 11) is 0. The molecular weight excluding hydrogens is 635 g/mol. The Morgan fingerprint density at radius 3 is 1.85 bits per heavy atom. The van der Waals surface area contributed by atoms with Crippen LogP contribution in [0.5, 0.6) is 0 Å². The number of fused-ring (bicyclic) bond motifs is 1. The molecule has 8 aromatic rings. The van der Waals surface area contributed by atoms with Crippen LogP contribution in [-0.4, -0.2) is 21.2 Å². The number of nitrogens with one attached hydrogen (secondary N) is 1. The normalized spacial score (nSPS) is 14.1. The number of amidine groups is 2. The average molecular weight is 670 g/mol. The predicted octanol–water partition coefficient (Wildman–Crippen LogP) is 10.8. The molecule has 0 saturated carbocycles. The van der Waals surface area contributed by atoms with Crippen LogP contribution in [0.2, 0.25) is 0 Å². The monoisotopic (exact) mass is 669 g/mol. The lowest BCUT2D eigenvalue weighted by molar-refractivity contribution is 0.674. The Balaban J connectivity index is 1.07. The number of hydrogen-bond acceptors (Lipinski definition) is 4. The van der Waals surface area contributed by atoms with E-state index in [1.165, 1.54) is 5.56 Å². The fourth-order valence-electron chi connectivity index (χ4n) is 7.11. The fourth-order valence-corrected chi connectivity index (χ4v) is 7.11. The molecule has 1 N–H and O–H groups in total. The molecule has 0 bridgehead atoms. The van der Waals surface area contributed by atoms with Crippen molar-refractivity contribution < 1.29 is 0 Å². The maximum atomic E-state index is 5.12. The second kappa shape index (κ2) is 13.5. The maximum absolute atomic E-state index is 5.12. The molecule has 0 spiro atoms. The Labute approximate surface area is 303 Å². The first kappa shape index (κ1) is 31.2. The third-order valence-electron chi connectivity index (χ3n) is 9.60. The maximum Gasteiger partial charge on any atom is 0.159 e. The van der Waals surface area contributed by atoms with E-state index in [9.17, 15) is 0 Å². The van der Waals surface area contributed by atoms with E-state index in [1.54, 1.807) is 0 Å². The van der Waals surface area contributed by atoms with Crippen molar-refractivity contribution in [2.24, 2.45) is 9.98 Å².